The maximum absolute atomic E-state index is 13.0. The van der Waals surface area contributed by atoms with Gasteiger partial charge in [0.25, 0.3) is 10.2 Å². The van der Waals surface area contributed by atoms with E-state index in [9.17, 15) is 13.2 Å². The van der Waals surface area contributed by atoms with Gasteiger partial charge in [0.2, 0.25) is 5.91 Å². The Hall–Kier alpha value is -1.52. The lowest BCUT2D eigenvalue weighted by Crippen LogP contribution is -2.58. The largest absolute Gasteiger partial charge is 0.373 e. The van der Waals surface area contributed by atoms with Crippen molar-refractivity contribution in [1.29, 1.82) is 0 Å². The van der Waals surface area contributed by atoms with Crippen LogP contribution in [0.2, 0.25) is 0 Å². The first-order valence-corrected chi connectivity index (χ1v) is 11.2. The number of carbonyl (C=O) groups is 1. The van der Waals surface area contributed by atoms with Gasteiger partial charge < -0.3 is 10.1 Å². The van der Waals surface area contributed by atoms with Crippen molar-refractivity contribution < 1.29 is 17.9 Å². The molecule has 1 amide bonds. The molecule has 3 rings (SSSR count). The van der Waals surface area contributed by atoms with Gasteiger partial charge in [0.05, 0.1) is 18.2 Å². The van der Waals surface area contributed by atoms with Crippen LogP contribution in [0.25, 0.3) is 0 Å². The number of hydrogen-bond donors (Lipinski definition) is 1. The smallest absolute Gasteiger partial charge is 0.282 e. The summed E-state index contributed by atoms with van der Waals surface area (Å²) in [4.78, 5) is 14.5. The van der Waals surface area contributed by atoms with Crippen molar-refractivity contribution in [2.75, 3.05) is 44.6 Å². The predicted molar refractivity (Wildman–Crippen MR) is 108 cm³/mol. The Morgan fingerprint density at radius 1 is 1.04 bits per heavy atom. The number of anilines is 1. The van der Waals surface area contributed by atoms with Crippen molar-refractivity contribution in [1.82, 2.24) is 13.5 Å². The summed E-state index contributed by atoms with van der Waals surface area (Å²) in [5.41, 5.74) is 0.760. The molecule has 2 aliphatic rings. The summed E-state index contributed by atoms with van der Waals surface area (Å²) in [6.07, 6.45) is -0.219. The molecule has 0 aromatic heterocycles. The summed E-state index contributed by atoms with van der Waals surface area (Å²) >= 11 is 0. The summed E-state index contributed by atoms with van der Waals surface area (Å²) in [5, 5.41) is 2.91. The van der Waals surface area contributed by atoms with E-state index in [1.54, 1.807) is 0 Å². The van der Waals surface area contributed by atoms with Crippen LogP contribution in [-0.2, 0) is 19.7 Å². The second-order valence-corrected chi connectivity index (χ2v) is 9.48. The fourth-order valence-corrected chi connectivity index (χ4v) is 5.49. The molecule has 0 spiro atoms. The lowest BCUT2D eigenvalue weighted by molar-refractivity contribution is -0.121. The van der Waals surface area contributed by atoms with Gasteiger partial charge in [0, 0.05) is 45.0 Å². The highest BCUT2D eigenvalue weighted by atomic mass is 32.2. The molecule has 3 unspecified atom stereocenters. The van der Waals surface area contributed by atoms with E-state index >= 15 is 0 Å². The Balaban J connectivity index is 1.55. The van der Waals surface area contributed by atoms with Gasteiger partial charge in [-0.3, -0.25) is 9.69 Å². The van der Waals surface area contributed by atoms with Crippen LogP contribution >= 0.6 is 0 Å². The lowest BCUT2D eigenvalue weighted by Gasteiger charge is -2.41. The number of morpholine rings is 1. The summed E-state index contributed by atoms with van der Waals surface area (Å²) in [6.45, 7) is 8.21. The average molecular weight is 411 g/mol. The second-order valence-electron chi connectivity index (χ2n) is 7.55. The van der Waals surface area contributed by atoms with Gasteiger partial charge in [-0.2, -0.15) is 17.0 Å². The van der Waals surface area contributed by atoms with E-state index in [0.717, 1.165) is 5.69 Å². The summed E-state index contributed by atoms with van der Waals surface area (Å²) in [6, 6.07) is 9.01. The topological polar surface area (TPSA) is 82.2 Å². The molecule has 156 valence electrons. The Bertz CT molecular complexity index is 755. The maximum atomic E-state index is 13.0. The minimum absolute atomic E-state index is 0.0849. The number of ether oxygens (including phenoxy) is 1. The van der Waals surface area contributed by atoms with Crippen LogP contribution in [0.5, 0.6) is 0 Å². The molecule has 2 aliphatic heterocycles. The second kappa shape index (κ2) is 8.87. The Morgan fingerprint density at radius 3 is 2.18 bits per heavy atom. The SMILES string of the molecule is CC1CN(S(=O)(=O)N2CCN(C(C)C(=O)Nc3ccccc3)CC2)CC(C)O1. The van der Waals surface area contributed by atoms with Crippen LogP contribution in [0, 0.1) is 0 Å². The Morgan fingerprint density at radius 2 is 1.61 bits per heavy atom. The molecule has 2 heterocycles. The maximum Gasteiger partial charge on any atom is 0.282 e. The quantitative estimate of drug-likeness (QED) is 0.783. The highest BCUT2D eigenvalue weighted by Crippen LogP contribution is 2.19. The van der Waals surface area contributed by atoms with Gasteiger partial charge in [-0.25, -0.2) is 0 Å². The molecule has 3 atom stereocenters. The average Bonchev–Trinajstić information content (AvgIpc) is 2.67. The molecule has 2 fully saturated rings. The minimum atomic E-state index is -3.51. The van der Waals surface area contributed by atoms with Gasteiger partial charge in [-0.1, -0.05) is 18.2 Å². The number of para-hydroxylation sites is 1. The molecule has 0 bridgehead atoms. The van der Waals surface area contributed by atoms with E-state index in [0.29, 0.717) is 39.3 Å². The Labute approximate surface area is 167 Å². The van der Waals surface area contributed by atoms with E-state index in [1.807, 2.05) is 56.0 Å². The zero-order valence-corrected chi connectivity index (χ0v) is 17.6. The van der Waals surface area contributed by atoms with E-state index in [1.165, 1.54) is 8.61 Å². The van der Waals surface area contributed by atoms with Crippen LogP contribution in [0.4, 0.5) is 5.69 Å². The van der Waals surface area contributed by atoms with Crippen molar-refractivity contribution in [3.8, 4) is 0 Å². The van der Waals surface area contributed by atoms with Gasteiger partial charge in [0.1, 0.15) is 0 Å². The standard InChI is InChI=1S/C19H30N4O4S/c1-15-13-23(14-16(2)27-15)28(25,26)22-11-9-21(10-12-22)17(3)19(24)20-18-7-5-4-6-8-18/h4-8,15-17H,9-14H2,1-3H3,(H,20,24). The van der Waals surface area contributed by atoms with Crippen molar-refractivity contribution >= 4 is 21.8 Å². The van der Waals surface area contributed by atoms with Crippen molar-refractivity contribution in [3.63, 3.8) is 0 Å². The van der Waals surface area contributed by atoms with Gasteiger partial charge in [0.15, 0.2) is 0 Å². The molecule has 0 aliphatic carbocycles. The fraction of sp³-hybridized carbons (Fsp3) is 0.632. The third kappa shape index (κ3) is 4.90. The van der Waals surface area contributed by atoms with Crippen LogP contribution in [0.15, 0.2) is 30.3 Å². The van der Waals surface area contributed by atoms with E-state index < -0.39 is 10.2 Å². The third-order valence-corrected chi connectivity index (χ3v) is 7.25. The monoisotopic (exact) mass is 410 g/mol. The van der Waals surface area contributed by atoms with Crippen molar-refractivity contribution in [2.45, 2.75) is 39.0 Å². The number of carbonyl (C=O) groups excluding carboxylic acids is 1. The van der Waals surface area contributed by atoms with Crippen LogP contribution in [0.3, 0.4) is 0 Å². The molecule has 2 saturated heterocycles. The molecule has 0 saturated carbocycles. The third-order valence-electron chi connectivity index (χ3n) is 5.28. The van der Waals surface area contributed by atoms with E-state index in [-0.39, 0.29) is 24.2 Å². The Kier molecular flexibility index (Phi) is 6.72. The zero-order valence-electron chi connectivity index (χ0n) is 16.7. The lowest BCUT2D eigenvalue weighted by atomic mass is 10.2. The molecule has 0 radical (unpaired) electrons. The van der Waals surface area contributed by atoms with Crippen LogP contribution in [-0.4, -0.2) is 85.4 Å². The highest BCUT2D eigenvalue weighted by Gasteiger charge is 2.37. The molecule has 1 aromatic carbocycles. The summed E-state index contributed by atoms with van der Waals surface area (Å²) in [7, 11) is -3.51. The number of rotatable bonds is 5. The van der Waals surface area contributed by atoms with Crippen LogP contribution in [0.1, 0.15) is 20.8 Å². The minimum Gasteiger partial charge on any atom is -0.373 e. The first kappa shape index (κ1) is 21.2. The molecule has 28 heavy (non-hydrogen) atoms. The summed E-state index contributed by atoms with van der Waals surface area (Å²) in [5.74, 6) is -0.0849. The van der Waals surface area contributed by atoms with Crippen molar-refractivity contribution in [2.24, 2.45) is 0 Å². The molecular formula is C19H30N4O4S. The highest BCUT2D eigenvalue weighted by molar-refractivity contribution is 7.86. The number of benzene rings is 1. The molecule has 1 N–H and O–H groups in total. The summed E-state index contributed by atoms with van der Waals surface area (Å²) < 4.78 is 34.7. The van der Waals surface area contributed by atoms with Gasteiger partial charge in [-0.05, 0) is 32.9 Å². The molecule has 8 nitrogen and oxygen atoms in total. The fourth-order valence-electron chi connectivity index (χ4n) is 3.74. The first-order chi connectivity index (χ1) is 13.3. The van der Waals surface area contributed by atoms with E-state index in [2.05, 4.69) is 5.32 Å². The first-order valence-electron chi connectivity index (χ1n) is 9.78. The number of piperazine rings is 1. The number of nitrogens with one attached hydrogen (secondary N) is 1. The number of hydrogen-bond acceptors (Lipinski definition) is 5. The number of nitrogens with zero attached hydrogens (tertiary/aromatic N) is 3. The normalized spacial score (nSPS) is 26.7. The van der Waals surface area contributed by atoms with Gasteiger partial charge >= 0.3 is 0 Å². The van der Waals surface area contributed by atoms with Crippen molar-refractivity contribution in [3.05, 3.63) is 30.3 Å². The molecule has 1 aromatic rings. The number of amides is 1. The molecular weight excluding hydrogens is 380 g/mol. The zero-order chi connectivity index (χ0) is 20.3. The van der Waals surface area contributed by atoms with E-state index in [4.69, 9.17) is 4.74 Å². The van der Waals surface area contributed by atoms with Crippen LogP contribution < -0.4 is 5.32 Å². The predicted octanol–water partition coefficient (Wildman–Crippen LogP) is 0.985. The molecule has 9 heteroatoms. The van der Waals surface area contributed by atoms with Gasteiger partial charge in [-0.15, -0.1) is 0 Å².